The van der Waals surface area contributed by atoms with Crippen LogP contribution >= 0.6 is 0 Å². The Morgan fingerprint density at radius 1 is 1.39 bits per heavy atom. The molecule has 1 aromatic rings. The van der Waals surface area contributed by atoms with Gasteiger partial charge in [-0.1, -0.05) is 0 Å². The molecule has 0 heterocycles. The molecular weight excluding hydrogens is 254 g/mol. The molecule has 0 aliphatic rings. The highest BCUT2D eigenvalue weighted by atomic mass is 32.2. The van der Waals surface area contributed by atoms with E-state index in [4.69, 9.17) is 10.5 Å². The Kier molecular flexibility index (Phi) is 4.94. The predicted octanol–water partition coefficient (Wildman–Crippen LogP) is 0.610. The lowest BCUT2D eigenvalue weighted by molar-refractivity contribution is 0.409. The number of ether oxygens (including phenoxy) is 1. The number of hydrogen-bond donors (Lipinski definition) is 3. The molecule has 0 bridgehead atoms. The van der Waals surface area contributed by atoms with Gasteiger partial charge < -0.3 is 10.5 Å². The summed E-state index contributed by atoms with van der Waals surface area (Å²) in [6.45, 7) is 3.62. The first kappa shape index (κ1) is 14.7. The molecule has 18 heavy (non-hydrogen) atoms. The first-order valence-corrected chi connectivity index (χ1v) is 7.01. The third-order valence-corrected chi connectivity index (χ3v) is 3.45. The Bertz CT molecular complexity index is 500. The van der Waals surface area contributed by atoms with Gasteiger partial charge in [-0.05, 0) is 32.0 Å². The van der Waals surface area contributed by atoms with E-state index in [9.17, 15) is 8.42 Å². The topological polar surface area (TPSA) is 93.4 Å². The van der Waals surface area contributed by atoms with E-state index in [1.807, 2.05) is 0 Å². The number of nitrogens with two attached hydrogens (primary N) is 1. The van der Waals surface area contributed by atoms with Crippen LogP contribution in [0, 0.1) is 0 Å². The van der Waals surface area contributed by atoms with Crippen LogP contribution in [0.2, 0.25) is 0 Å². The fourth-order valence-electron chi connectivity index (χ4n) is 1.46. The van der Waals surface area contributed by atoms with Crippen molar-refractivity contribution in [2.75, 3.05) is 12.8 Å². The van der Waals surface area contributed by atoms with E-state index >= 15 is 0 Å². The molecule has 4 N–H and O–H groups in total. The van der Waals surface area contributed by atoms with Crippen molar-refractivity contribution in [2.24, 2.45) is 0 Å². The van der Waals surface area contributed by atoms with Crippen LogP contribution in [-0.2, 0) is 16.8 Å². The smallest absolute Gasteiger partial charge is 0.277 e. The number of nitrogens with one attached hydrogen (secondary N) is 2. The van der Waals surface area contributed by atoms with Crippen molar-refractivity contribution in [1.29, 1.82) is 0 Å². The molecule has 6 nitrogen and oxygen atoms in total. The summed E-state index contributed by atoms with van der Waals surface area (Å²) in [5.41, 5.74) is 6.90. The Labute approximate surface area is 108 Å². The lowest BCUT2D eigenvalue weighted by atomic mass is 10.2. The van der Waals surface area contributed by atoms with Crippen LogP contribution in [-0.4, -0.2) is 21.6 Å². The molecule has 0 saturated heterocycles. The Balaban J connectivity index is 2.77. The molecule has 0 radical (unpaired) electrons. The van der Waals surface area contributed by atoms with E-state index in [-0.39, 0.29) is 12.6 Å². The summed E-state index contributed by atoms with van der Waals surface area (Å²) < 4.78 is 33.2. The molecule has 0 saturated carbocycles. The summed E-state index contributed by atoms with van der Waals surface area (Å²) in [5.74, 6) is 0.594. The Morgan fingerprint density at radius 3 is 2.61 bits per heavy atom. The van der Waals surface area contributed by atoms with Gasteiger partial charge in [-0.2, -0.15) is 17.9 Å². The SMILES string of the molecule is COc1ccc(N)cc1CNS(=O)(=O)NC(C)C. The second-order valence-electron chi connectivity index (χ2n) is 4.17. The first-order chi connectivity index (χ1) is 8.34. The number of benzene rings is 1. The van der Waals surface area contributed by atoms with Crippen LogP contribution in [0.5, 0.6) is 5.75 Å². The van der Waals surface area contributed by atoms with Gasteiger partial charge in [-0.15, -0.1) is 0 Å². The van der Waals surface area contributed by atoms with Gasteiger partial charge in [0.15, 0.2) is 0 Å². The van der Waals surface area contributed by atoms with Crippen molar-refractivity contribution in [1.82, 2.24) is 9.44 Å². The van der Waals surface area contributed by atoms with Crippen LogP contribution < -0.4 is 19.9 Å². The molecule has 0 fully saturated rings. The zero-order valence-electron chi connectivity index (χ0n) is 10.7. The van der Waals surface area contributed by atoms with Gasteiger partial charge in [0.05, 0.1) is 7.11 Å². The number of rotatable bonds is 6. The second-order valence-corrected chi connectivity index (χ2v) is 5.70. The third-order valence-electron chi connectivity index (χ3n) is 2.15. The molecule has 0 aliphatic carbocycles. The van der Waals surface area contributed by atoms with Gasteiger partial charge in [0.25, 0.3) is 10.2 Å². The van der Waals surface area contributed by atoms with E-state index in [0.717, 1.165) is 0 Å². The monoisotopic (exact) mass is 273 g/mol. The van der Waals surface area contributed by atoms with Crippen molar-refractivity contribution in [3.05, 3.63) is 23.8 Å². The Morgan fingerprint density at radius 2 is 2.06 bits per heavy atom. The Hall–Kier alpha value is -1.31. The van der Waals surface area contributed by atoms with E-state index in [2.05, 4.69) is 9.44 Å². The molecule has 0 aliphatic heterocycles. The molecule has 0 unspecified atom stereocenters. The average molecular weight is 273 g/mol. The minimum absolute atomic E-state index is 0.121. The second kappa shape index (κ2) is 6.03. The highest BCUT2D eigenvalue weighted by molar-refractivity contribution is 7.87. The zero-order chi connectivity index (χ0) is 13.8. The predicted molar refractivity (Wildman–Crippen MR) is 71.4 cm³/mol. The van der Waals surface area contributed by atoms with E-state index < -0.39 is 10.2 Å². The largest absolute Gasteiger partial charge is 0.496 e. The summed E-state index contributed by atoms with van der Waals surface area (Å²) in [5, 5.41) is 0. The minimum atomic E-state index is -3.51. The molecule has 1 aromatic carbocycles. The summed E-state index contributed by atoms with van der Waals surface area (Å²) in [7, 11) is -1.99. The molecule has 1 rings (SSSR count). The van der Waals surface area contributed by atoms with Crippen molar-refractivity contribution >= 4 is 15.9 Å². The van der Waals surface area contributed by atoms with Crippen molar-refractivity contribution in [3.8, 4) is 5.75 Å². The van der Waals surface area contributed by atoms with E-state index in [0.29, 0.717) is 17.0 Å². The minimum Gasteiger partial charge on any atom is -0.496 e. The fraction of sp³-hybridized carbons (Fsp3) is 0.455. The lowest BCUT2D eigenvalue weighted by Crippen LogP contribution is -2.39. The maximum absolute atomic E-state index is 11.6. The molecule has 102 valence electrons. The summed E-state index contributed by atoms with van der Waals surface area (Å²) in [6, 6.07) is 4.92. The van der Waals surface area contributed by atoms with Crippen molar-refractivity contribution in [3.63, 3.8) is 0 Å². The van der Waals surface area contributed by atoms with Crippen LogP contribution in [0.1, 0.15) is 19.4 Å². The summed E-state index contributed by atoms with van der Waals surface area (Å²) in [4.78, 5) is 0. The maximum atomic E-state index is 11.6. The van der Waals surface area contributed by atoms with E-state index in [1.165, 1.54) is 7.11 Å². The fourth-order valence-corrected chi connectivity index (χ4v) is 2.51. The van der Waals surface area contributed by atoms with Crippen LogP contribution in [0.3, 0.4) is 0 Å². The lowest BCUT2D eigenvalue weighted by Gasteiger charge is -2.13. The highest BCUT2D eigenvalue weighted by Crippen LogP contribution is 2.20. The number of anilines is 1. The van der Waals surface area contributed by atoms with Crippen molar-refractivity contribution in [2.45, 2.75) is 26.4 Å². The molecule has 0 amide bonds. The molecular formula is C11H19N3O3S. The highest BCUT2D eigenvalue weighted by Gasteiger charge is 2.12. The maximum Gasteiger partial charge on any atom is 0.277 e. The van der Waals surface area contributed by atoms with Crippen LogP contribution in [0.25, 0.3) is 0 Å². The molecule has 0 spiro atoms. The quantitative estimate of drug-likeness (QED) is 0.662. The standard InChI is InChI=1S/C11H19N3O3S/c1-8(2)14-18(15,16)13-7-9-6-10(12)4-5-11(9)17-3/h4-6,8,13-14H,7,12H2,1-3H3. The summed E-state index contributed by atoms with van der Waals surface area (Å²) in [6.07, 6.45) is 0. The first-order valence-electron chi connectivity index (χ1n) is 5.53. The number of hydrogen-bond acceptors (Lipinski definition) is 4. The van der Waals surface area contributed by atoms with Gasteiger partial charge in [0.2, 0.25) is 0 Å². The zero-order valence-corrected chi connectivity index (χ0v) is 11.5. The normalized spacial score (nSPS) is 11.8. The average Bonchev–Trinajstić information content (AvgIpc) is 2.25. The third kappa shape index (κ3) is 4.52. The van der Waals surface area contributed by atoms with Crippen LogP contribution in [0.4, 0.5) is 5.69 Å². The number of methoxy groups -OCH3 is 1. The van der Waals surface area contributed by atoms with Gasteiger partial charge in [0, 0.05) is 23.8 Å². The molecule has 0 aromatic heterocycles. The van der Waals surface area contributed by atoms with Crippen molar-refractivity contribution < 1.29 is 13.2 Å². The molecule has 0 atom stereocenters. The van der Waals surface area contributed by atoms with Gasteiger partial charge in [-0.25, -0.2) is 0 Å². The summed E-state index contributed by atoms with van der Waals surface area (Å²) >= 11 is 0. The molecule has 7 heteroatoms. The van der Waals surface area contributed by atoms with Gasteiger partial charge in [-0.3, -0.25) is 0 Å². The number of nitrogen functional groups attached to an aromatic ring is 1. The van der Waals surface area contributed by atoms with Crippen LogP contribution in [0.15, 0.2) is 18.2 Å². The van der Waals surface area contributed by atoms with Gasteiger partial charge in [0.1, 0.15) is 5.75 Å². The van der Waals surface area contributed by atoms with Gasteiger partial charge >= 0.3 is 0 Å². The van der Waals surface area contributed by atoms with E-state index in [1.54, 1.807) is 32.0 Å².